The molecule has 0 saturated carbocycles. The fourth-order valence-electron chi connectivity index (χ4n) is 2.38. The third-order valence-electron chi connectivity index (χ3n) is 3.69. The number of nitrogens with two attached hydrogens (primary N) is 1. The topological polar surface area (TPSA) is 137 Å². The molecule has 2 aromatic rings. The number of nitrogens with one attached hydrogen (secondary N) is 2. The van der Waals surface area contributed by atoms with Crippen LogP contribution in [-0.2, 0) is 20.8 Å². The highest BCUT2D eigenvalue weighted by atomic mass is 16.4. The van der Waals surface area contributed by atoms with Crippen molar-refractivity contribution in [1.82, 2.24) is 4.90 Å². The van der Waals surface area contributed by atoms with E-state index >= 15 is 0 Å². The largest absolute Gasteiger partial charge is 0.480 e. The van der Waals surface area contributed by atoms with Crippen LogP contribution in [0.2, 0.25) is 0 Å². The first-order valence-corrected chi connectivity index (χ1v) is 8.13. The minimum atomic E-state index is -1.20. The summed E-state index contributed by atoms with van der Waals surface area (Å²) in [5, 5.41) is 19.0. The molecule has 2 rings (SSSR count). The van der Waals surface area contributed by atoms with E-state index in [1.165, 1.54) is 0 Å². The molecule has 0 spiro atoms. The first-order valence-electron chi connectivity index (χ1n) is 8.13. The molecule has 0 heterocycles. The number of amidine groups is 1. The zero-order chi connectivity index (χ0) is 19.8. The summed E-state index contributed by atoms with van der Waals surface area (Å²) in [5.41, 5.74) is 7.07. The molecule has 0 radical (unpaired) electrons. The summed E-state index contributed by atoms with van der Waals surface area (Å²) in [6, 6.07) is 15.2. The minimum absolute atomic E-state index is 0.00864. The number of benzene rings is 2. The number of carbonyl (C=O) groups excluding carboxylic acids is 2. The van der Waals surface area contributed by atoms with Gasteiger partial charge in [0.25, 0.3) is 0 Å². The minimum Gasteiger partial charge on any atom is -0.480 e. The average molecular weight is 368 g/mol. The van der Waals surface area contributed by atoms with Crippen LogP contribution in [0.25, 0.3) is 0 Å². The maximum Gasteiger partial charge on any atom is 0.323 e. The molecular weight excluding hydrogens is 348 g/mol. The Balaban J connectivity index is 2.01. The lowest BCUT2D eigenvalue weighted by atomic mass is 10.1. The zero-order valence-electron chi connectivity index (χ0n) is 14.5. The normalized spacial score (nSPS) is 10.1. The van der Waals surface area contributed by atoms with Crippen molar-refractivity contribution in [3.8, 4) is 0 Å². The van der Waals surface area contributed by atoms with Gasteiger partial charge in [-0.05, 0) is 29.8 Å². The molecule has 0 atom stereocenters. The van der Waals surface area contributed by atoms with Crippen LogP contribution in [-0.4, -0.2) is 46.7 Å². The number of carbonyl (C=O) groups is 3. The highest BCUT2D eigenvalue weighted by Gasteiger charge is 2.20. The van der Waals surface area contributed by atoms with Gasteiger partial charge in [-0.2, -0.15) is 0 Å². The van der Waals surface area contributed by atoms with E-state index < -0.39 is 24.3 Å². The Bertz CT molecular complexity index is 835. The van der Waals surface area contributed by atoms with Crippen molar-refractivity contribution in [3.05, 3.63) is 65.7 Å². The number of carboxylic acid groups (broad SMARTS) is 1. The molecule has 0 unspecified atom stereocenters. The predicted molar refractivity (Wildman–Crippen MR) is 100 cm³/mol. The molecule has 8 heteroatoms. The number of nitrogens with zero attached hydrogens (tertiary/aromatic N) is 1. The monoisotopic (exact) mass is 368 g/mol. The molecule has 27 heavy (non-hydrogen) atoms. The Morgan fingerprint density at radius 3 is 2.19 bits per heavy atom. The molecule has 140 valence electrons. The molecule has 0 bridgehead atoms. The van der Waals surface area contributed by atoms with Crippen molar-refractivity contribution in [3.63, 3.8) is 0 Å². The standard InChI is InChI=1S/C19H20N4O4/c20-19(21)14-6-8-15(9-7-14)22-16(24)11-23(12-18(26)27)17(25)10-13-4-2-1-3-5-13/h1-9H,10-12H2,(H3,20,21)(H,22,24)(H,26,27). The molecule has 0 aliphatic heterocycles. The van der Waals surface area contributed by atoms with E-state index in [2.05, 4.69) is 5.32 Å². The fourth-order valence-corrected chi connectivity index (χ4v) is 2.38. The summed E-state index contributed by atoms with van der Waals surface area (Å²) in [7, 11) is 0. The van der Waals surface area contributed by atoms with Crippen molar-refractivity contribution in [2.24, 2.45) is 5.73 Å². The Morgan fingerprint density at radius 2 is 1.63 bits per heavy atom. The van der Waals surface area contributed by atoms with E-state index in [9.17, 15) is 14.4 Å². The van der Waals surface area contributed by atoms with Gasteiger partial charge in [0.05, 0.1) is 6.42 Å². The number of carboxylic acids is 1. The van der Waals surface area contributed by atoms with Crippen LogP contribution < -0.4 is 11.1 Å². The van der Waals surface area contributed by atoms with Gasteiger partial charge in [0.1, 0.15) is 18.9 Å². The zero-order valence-corrected chi connectivity index (χ0v) is 14.5. The molecule has 0 aliphatic carbocycles. The second-order valence-corrected chi connectivity index (χ2v) is 5.85. The third kappa shape index (κ3) is 6.28. The predicted octanol–water partition coefficient (Wildman–Crippen LogP) is 1.07. The number of aliphatic carboxylic acids is 1. The Labute approximate surface area is 156 Å². The number of rotatable bonds is 8. The Hall–Kier alpha value is -3.68. The van der Waals surface area contributed by atoms with Gasteiger partial charge in [0.2, 0.25) is 11.8 Å². The van der Waals surface area contributed by atoms with E-state index in [0.717, 1.165) is 10.5 Å². The van der Waals surface area contributed by atoms with Crippen LogP contribution in [0.1, 0.15) is 11.1 Å². The van der Waals surface area contributed by atoms with Crippen LogP contribution in [0.4, 0.5) is 5.69 Å². The molecule has 0 fully saturated rings. The number of anilines is 1. The van der Waals surface area contributed by atoms with E-state index in [1.807, 2.05) is 6.07 Å². The summed E-state index contributed by atoms with van der Waals surface area (Å²) in [4.78, 5) is 36.7. The third-order valence-corrected chi connectivity index (χ3v) is 3.69. The highest BCUT2D eigenvalue weighted by Crippen LogP contribution is 2.10. The van der Waals surface area contributed by atoms with Gasteiger partial charge in [0, 0.05) is 11.3 Å². The van der Waals surface area contributed by atoms with Gasteiger partial charge in [-0.15, -0.1) is 0 Å². The molecule has 8 nitrogen and oxygen atoms in total. The number of hydrogen-bond acceptors (Lipinski definition) is 4. The van der Waals surface area contributed by atoms with Crippen molar-refractivity contribution < 1.29 is 19.5 Å². The lowest BCUT2D eigenvalue weighted by molar-refractivity contribution is -0.145. The van der Waals surface area contributed by atoms with Gasteiger partial charge >= 0.3 is 5.97 Å². The smallest absolute Gasteiger partial charge is 0.323 e. The summed E-state index contributed by atoms with van der Waals surface area (Å²) in [6.45, 7) is -0.950. The molecule has 2 amide bonds. The van der Waals surface area contributed by atoms with E-state index in [-0.39, 0.29) is 18.8 Å². The van der Waals surface area contributed by atoms with Gasteiger partial charge in [-0.1, -0.05) is 30.3 Å². The maximum atomic E-state index is 12.4. The van der Waals surface area contributed by atoms with Gasteiger partial charge < -0.3 is 21.1 Å². The fraction of sp³-hybridized carbons (Fsp3) is 0.158. The van der Waals surface area contributed by atoms with Crippen LogP contribution in [0, 0.1) is 5.41 Å². The van der Waals surface area contributed by atoms with Crippen molar-refractivity contribution >= 4 is 29.3 Å². The molecular formula is C19H20N4O4. The average Bonchev–Trinajstić information content (AvgIpc) is 2.62. The van der Waals surface area contributed by atoms with Crippen molar-refractivity contribution in [1.29, 1.82) is 5.41 Å². The summed E-state index contributed by atoms with van der Waals surface area (Å²) >= 11 is 0. The Morgan fingerprint density at radius 1 is 1.00 bits per heavy atom. The van der Waals surface area contributed by atoms with Crippen LogP contribution >= 0.6 is 0 Å². The summed E-state index contributed by atoms with van der Waals surface area (Å²) in [6.07, 6.45) is 0.00864. The maximum absolute atomic E-state index is 12.4. The van der Waals surface area contributed by atoms with Crippen molar-refractivity contribution in [2.45, 2.75) is 6.42 Å². The second-order valence-electron chi connectivity index (χ2n) is 5.85. The van der Waals surface area contributed by atoms with Gasteiger partial charge in [-0.3, -0.25) is 19.8 Å². The van der Waals surface area contributed by atoms with E-state index in [4.69, 9.17) is 16.2 Å². The first kappa shape index (κ1) is 19.6. The van der Waals surface area contributed by atoms with Gasteiger partial charge in [0.15, 0.2) is 0 Å². The number of nitrogen functional groups attached to an aromatic ring is 1. The molecule has 2 aromatic carbocycles. The summed E-state index contributed by atoms with van der Waals surface area (Å²) in [5.74, 6) is -2.26. The highest BCUT2D eigenvalue weighted by molar-refractivity contribution is 5.97. The van der Waals surface area contributed by atoms with Gasteiger partial charge in [-0.25, -0.2) is 0 Å². The van der Waals surface area contributed by atoms with Crippen LogP contribution in [0.5, 0.6) is 0 Å². The quantitative estimate of drug-likeness (QED) is 0.408. The lowest BCUT2D eigenvalue weighted by Gasteiger charge is -2.20. The van der Waals surface area contributed by atoms with Crippen LogP contribution in [0.15, 0.2) is 54.6 Å². The molecule has 0 aromatic heterocycles. The summed E-state index contributed by atoms with van der Waals surface area (Å²) < 4.78 is 0. The van der Waals surface area contributed by atoms with Crippen molar-refractivity contribution in [2.75, 3.05) is 18.4 Å². The number of hydrogen-bond donors (Lipinski definition) is 4. The van der Waals surface area contributed by atoms with Crippen LogP contribution in [0.3, 0.4) is 0 Å². The first-order chi connectivity index (χ1) is 12.8. The molecule has 0 aliphatic rings. The SMILES string of the molecule is N=C(N)c1ccc(NC(=O)CN(CC(=O)O)C(=O)Cc2ccccc2)cc1. The number of amides is 2. The van der Waals surface area contributed by atoms with E-state index in [1.54, 1.807) is 48.5 Å². The second kappa shape index (κ2) is 9.14. The molecule has 0 saturated heterocycles. The Kier molecular flexibility index (Phi) is 6.65. The lowest BCUT2D eigenvalue weighted by Crippen LogP contribution is -2.41. The van der Waals surface area contributed by atoms with E-state index in [0.29, 0.717) is 11.3 Å². The molecule has 5 N–H and O–H groups in total.